The van der Waals surface area contributed by atoms with Crippen molar-refractivity contribution >= 4 is 0 Å². The summed E-state index contributed by atoms with van der Waals surface area (Å²) in [6.07, 6.45) is 7.01. The van der Waals surface area contributed by atoms with Gasteiger partial charge >= 0.3 is 0 Å². The van der Waals surface area contributed by atoms with Crippen LogP contribution >= 0.6 is 0 Å². The fourth-order valence-electron chi connectivity index (χ4n) is 5.90. The highest BCUT2D eigenvalue weighted by Gasteiger charge is 2.57. The zero-order valence-electron chi connectivity index (χ0n) is 18.1. The van der Waals surface area contributed by atoms with Gasteiger partial charge in [0.1, 0.15) is 0 Å². The van der Waals surface area contributed by atoms with Gasteiger partial charge in [0.15, 0.2) is 0 Å². The number of rotatable bonds is 7. The number of hydrogen-bond acceptors (Lipinski definition) is 3. The molecule has 2 aliphatic rings. The Labute approximate surface area is 171 Å². The van der Waals surface area contributed by atoms with Crippen LogP contribution in [0.3, 0.4) is 0 Å². The maximum absolute atomic E-state index is 9.22. The lowest BCUT2D eigenvalue weighted by Crippen LogP contribution is -2.59. The van der Waals surface area contributed by atoms with Crippen molar-refractivity contribution < 1.29 is 14.6 Å². The van der Waals surface area contributed by atoms with Crippen LogP contribution in [-0.2, 0) is 9.47 Å². The first kappa shape index (κ1) is 21.5. The first-order chi connectivity index (χ1) is 13.3. The molecule has 0 spiro atoms. The van der Waals surface area contributed by atoms with E-state index in [1.165, 1.54) is 5.56 Å². The molecule has 1 aromatic carbocycles. The Balaban J connectivity index is 1.88. The van der Waals surface area contributed by atoms with E-state index in [0.29, 0.717) is 24.9 Å². The van der Waals surface area contributed by atoms with Crippen molar-refractivity contribution in [2.24, 2.45) is 17.3 Å². The minimum atomic E-state index is -0.218. The van der Waals surface area contributed by atoms with E-state index in [1.54, 1.807) is 0 Å². The average molecular weight is 387 g/mol. The Kier molecular flexibility index (Phi) is 6.38. The Morgan fingerprint density at radius 1 is 1.18 bits per heavy atom. The molecular formula is C25H38O3. The second-order valence-corrected chi connectivity index (χ2v) is 9.77. The summed E-state index contributed by atoms with van der Waals surface area (Å²) >= 11 is 0. The van der Waals surface area contributed by atoms with Gasteiger partial charge in [-0.3, -0.25) is 0 Å². The third kappa shape index (κ3) is 4.08. The van der Waals surface area contributed by atoms with Crippen LogP contribution in [0, 0.1) is 17.3 Å². The monoisotopic (exact) mass is 386 g/mol. The van der Waals surface area contributed by atoms with Gasteiger partial charge in [0.2, 0.25) is 0 Å². The van der Waals surface area contributed by atoms with Crippen LogP contribution in [-0.4, -0.2) is 29.5 Å². The van der Waals surface area contributed by atoms with Crippen molar-refractivity contribution in [3.8, 4) is 0 Å². The van der Waals surface area contributed by atoms with E-state index in [-0.39, 0.29) is 29.3 Å². The summed E-state index contributed by atoms with van der Waals surface area (Å²) in [6, 6.07) is 10.6. The molecule has 1 aromatic rings. The van der Waals surface area contributed by atoms with Crippen LogP contribution < -0.4 is 0 Å². The van der Waals surface area contributed by atoms with E-state index >= 15 is 0 Å². The van der Waals surface area contributed by atoms with Crippen LogP contribution in [0.4, 0.5) is 0 Å². The van der Waals surface area contributed by atoms with Crippen molar-refractivity contribution in [3.63, 3.8) is 0 Å². The molecule has 5 atom stereocenters. The standard InChI is InChI=1S/C25H38O3/c1-6-24(4)15-14-21-23(2,3)20(13-16-25(21,5)28-24)22(27-18-10-17-26)19-11-8-7-9-12-19/h6-9,11-12,20-22,26H,1,10,13-18H2,2-5H3. The van der Waals surface area contributed by atoms with Gasteiger partial charge < -0.3 is 14.6 Å². The second kappa shape index (κ2) is 8.30. The SMILES string of the molecule is C=CC1(C)CCC2C(C)(CCC(C(OCCCO)c3ccccc3)C2(C)C)O1. The largest absolute Gasteiger partial charge is 0.396 e. The average Bonchev–Trinajstić information content (AvgIpc) is 2.66. The van der Waals surface area contributed by atoms with Crippen molar-refractivity contribution in [1.82, 2.24) is 0 Å². The Hall–Kier alpha value is -1.16. The van der Waals surface area contributed by atoms with Gasteiger partial charge in [-0.05, 0) is 68.8 Å². The molecule has 1 aliphatic heterocycles. The van der Waals surface area contributed by atoms with E-state index < -0.39 is 0 Å². The topological polar surface area (TPSA) is 38.7 Å². The highest BCUT2D eigenvalue weighted by Crippen LogP contribution is 2.60. The zero-order valence-corrected chi connectivity index (χ0v) is 18.1. The molecule has 1 aliphatic carbocycles. The molecular weight excluding hydrogens is 348 g/mol. The Morgan fingerprint density at radius 3 is 2.54 bits per heavy atom. The van der Waals surface area contributed by atoms with Gasteiger partial charge in [-0.1, -0.05) is 50.3 Å². The van der Waals surface area contributed by atoms with E-state index in [4.69, 9.17) is 9.47 Å². The molecule has 3 heteroatoms. The number of benzene rings is 1. The normalized spacial score (nSPS) is 35.8. The minimum Gasteiger partial charge on any atom is -0.396 e. The Morgan fingerprint density at radius 2 is 1.89 bits per heavy atom. The fourth-order valence-corrected chi connectivity index (χ4v) is 5.90. The van der Waals surface area contributed by atoms with Crippen molar-refractivity contribution in [3.05, 3.63) is 48.6 Å². The number of ether oxygens (including phenoxy) is 2. The summed E-state index contributed by atoms with van der Waals surface area (Å²) in [7, 11) is 0. The quantitative estimate of drug-likeness (QED) is 0.483. The van der Waals surface area contributed by atoms with Gasteiger partial charge in [-0.25, -0.2) is 0 Å². The zero-order chi connectivity index (χ0) is 20.4. The van der Waals surface area contributed by atoms with Crippen LogP contribution in [0.5, 0.6) is 0 Å². The molecule has 28 heavy (non-hydrogen) atoms. The second-order valence-electron chi connectivity index (χ2n) is 9.77. The lowest BCUT2D eigenvalue weighted by molar-refractivity contribution is -0.243. The summed E-state index contributed by atoms with van der Waals surface area (Å²) in [5, 5.41) is 9.22. The molecule has 0 bridgehead atoms. The molecule has 1 N–H and O–H groups in total. The summed E-state index contributed by atoms with van der Waals surface area (Å²) in [5.74, 6) is 0.905. The number of hydrogen-bond donors (Lipinski definition) is 1. The third-order valence-corrected chi connectivity index (χ3v) is 7.46. The molecule has 0 aromatic heterocycles. The van der Waals surface area contributed by atoms with Gasteiger partial charge in [0.25, 0.3) is 0 Å². The number of aliphatic hydroxyl groups is 1. The van der Waals surface area contributed by atoms with Gasteiger partial charge in [-0.15, -0.1) is 6.58 Å². The van der Waals surface area contributed by atoms with Crippen molar-refractivity contribution in [2.45, 2.75) is 77.1 Å². The van der Waals surface area contributed by atoms with Crippen LogP contribution in [0.2, 0.25) is 0 Å². The smallest absolute Gasteiger partial charge is 0.0858 e. The molecule has 3 rings (SSSR count). The van der Waals surface area contributed by atoms with E-state index in [2.05, 4.69) is 64.6 Å². The number of fused-ring (bicyclic) bond motifs is 1. The maximum atomic E-state index is 9.22. The summed E-state index contributed by atoms with van der Waals surface area (Å²) in [6.45, 7) is 14.1. The predicted octanol–water partition coefficient (Wildman–Crippen LogP) is 5.69. The molecule has 3 nitrogen and oxygen atoms in total. The predicted molar refractivity (Wildman–Crippen MR) is 114 cm³/mol. The van der Waals surface area contributed by atoms with Gasteiger partial charge in [0.05, 0.1) is 17.3 Å². The number of aliphatic hydroxyl groups excluding tert-OH is 1. The summed E-state index contributed by atoms with van der Waals surface area (Å²) in [5.41, 5.74) is 1.00. The molecule has 156 valence electrons. The van der Waals surface area contributed by atoms with Crippen molar-refractivity contribution in [2.75, 3.05) is 13.2 Å². The van der Waals surface area contributed by atoms with E-state index in [9.17, 15) is 5.11 Å². The molecule has 0 amide bonds. The van der Waals surface area contributed by atoms with E-state index in [1.807, 2.05) is 6.08 Å². The first-order valence-corrected chi connectivity index (χ1v) is 10.9. The van der Waals surface area contributed by atoms with E-state index in [0.717, 1.165) is 25.7 Å². The minimum absolute atomic E-state index is 0.0556. The van der Waals surface area contributed by atoms with Gasteiger partial charge in [0, 0.05) is 13.2 Å². The highest BCUT2D eigenvalue weighted by atomic mass is 16.5. The maximum Gasteiger partial charge on any atom is 0.0858 e. The molecule has 1 saturated carbocycles. The molecule has 0 radical (unpaired) electrons. The van der Waals surface area contributed by atoms with Crippen molar-refractivity contribution in [1.29, 1.82) is 0 Å². The molecule has 5 unspecified atom stereocenters. The summed E-state index contributed by atoms with van der Waals surface area (Å²) in [4.78, 5) is 0. The first-order valence-electron chi connectivity index (χ1n) is 10.9. The summed E-state index contributed by atoms with van der Waals surface area (Å²) < 4.78 is 13.1. The van der Waals surface area contributed by atoms with Gasteiger partial charge in [-0.2, -0.15) is 0 Å². The third-order valence-electron chi connectivity index (χ3n) is 7.46. The lowest BCUT2D eigenvalue weighted by atomic mass is 9.52. The molecule has 1 saturated heterocycles. The Bertz CT molecular complexity index is 655. The highest BCUT2D eigenvalue weighted by molar-refractivity contribution is 5.21. The van der Waals surface area contributed by atoms with Crippen LogP contribution in [0.15, 0.2) is 43.0 Å². The lowest BCUT2D eigenvalue weighted by Gasteiger charge is -2.60. The fraction of sp³-hybridized carbons (Fsp3) is 0.680. The van der Waals surface area contributed by atoms with Crippen LogP contribution in [0.1, 0.15) is 71.5 Å². The van der Waals surface area contributed by atoms with Crippen LogP contribution in [0.25, 0.3) is 0 Å². The molecule has 1 heterocycles. The molecule has 2 fully saturated rings.